The van der Waals surface area contributed by atoms with E-state index in [1.807, 2.05) is 24.3 Å². The highest BCUT2D eigenvalue weighted by Crippen LogP contribution is 2.28. The lowest BCUT2D eigenvalue weighted by atomic mass is 10.1. The van der Waals surface area contributed by atoms with Crippen molar-refractivity contribution >= 4 is 34.1 Å². The minimum absolute atomic E-state index is 0.0841. The highest BCUT2D eigenvalue weighted by atomic mass is 32.2. The fourth-order valence-electron chi connectivity index (χ4n) is 2.66. The van der Waals surface area contributed by atoms with Crippen molar-refractivity contribution in [1.29, 1.82) is 0 Å². The van der Waals surface area contributed by atoms with Crippen molar-refractivity contribution in [1.82, 2.24) is 9.88 Å². The largest absolute Gasteiger partial charge is 0.298 e. The molecule has 122 valence electrons. The third-order valence-corrected chi connectivity index (χ3v) is 5.62. The Labute approximate surface area is 145 Å². The minimum atomic E-state index is -0.0841. The molecule has 2 aromatic rings. The SMILES string of the molecule is CCN1CCc2nc(NC(=O)c3ccc(CSC)cc3)sc2C1. The first-order chi connectivity index (χ1) is 11.2. The number of carbonyl (C=O) groups excluding carboxylic acids is 1. The van der Waals surface area contributed by atoms with E-state index < -0.39 is 0 Å². The molecule has 0 unspecified atom stereocenters. The van der Waals surface area contributed by atoms with Gasteiger partial charge in [0.15, 0.2) is 5.13 Å². The van der Waals surface area contributed by atoms with Gasteiger partial charge in [-0.3, -0.25) is 15.0 Å². The number of likely N-dealkylation sites (N-methyl/N-ethyl adjacent to an activating group) is 1. The van der Waals surface area contributed by atoms with Gasteiger partial charge >= 0.3 is 0 Å². The van der Waals surface area contributed by atoms with E-state index in [-0.39, 0.29) is 5.91 Å². The van der Waals surface area contributed by atoms with E-state index in [1.165, 1.54) is 10.4 Å². The van der Waals surface area contributed by atoms with Crippen LogP contribution in [0.5, 0.6) is 0 Å². The zero-order valence-electron chi connectivity index (χ0n) is 13.5. The molecule has 0 fully saturated rings. The molecule has 0 aliphatic carbocycles. The van der Waals surface area contributed by atoms with Crippen LogP contribution in [0.1, 0.15) is 33.4 Å². The molecule has 0 spiro atoms. The molecule has 4 nitrogen and oxygen atoms in total. The highest BCUT2D eigenvalue weighted by molar-refractivity contribution is 7.97. The molecule has 23 heavy (non-hydrogen) atoms. The van der Waals surface area contributed by atoms with Crippen LogP contribution in [0.25, 0.3) is 0 Å². The monoisotopic (exact) mass is 347 g/mol. The zero-order chi connectivity index (χ0) is 16.2. The lowest BCUT2D eigenvalue weighted by Crippen LogP contribution is -2.29. The van der Waals surface area contributed by atoms with Crippen molar-refractivity contribution in [2.75, 3.05) is 24.7 Å². The minimum Gasteiger partial charge on any atom is -0.298 e. The van der Waals surface area contributed by atoms with Crippen LogP contribution in [0.3, 0.4) is 0 Å². The van der Waals surface area contributed by atoms with E-state index in [1.54, 1.807) is 23.1 Å². The van der Waals surface area contributed by atoms with E-state index in [4.69, 9.17) is 0 Å². The van der Waals surface area contributed by atoms with Gasteiger partial charge < -0.3 is 0 Å². The summed E-state index contributed by atoms with van der Waals surface area (Å²) in [5.41, 5.74) is 3.06. The Morgan fingerprint density at radius 3 is 2.87 bits per heavy atom. The predicted octanol–water partition coefficient (Wildman–Crippen LogP) is 3.64. The summed E-state index contributed by atoms with van der Waals surface area (Å²) in [6, 6.07) is 7.79. The van der Waals surface area contributed by atoms with Gasteiger partial charge in [-0.25, -0.2) is 4.98 Å². The number of anilines is 1. The molecule has 3 rings (SSSR count). The molecule has 2 heterocycles. The quantitative estimate of drug-likeness (QED) is 0.897. The molecular weight excluding hydrogens is 326 g/mol. The van der Waals surface area contributed by atoms with Crippen molar-refractivity contribution in [2.24, 2.45) is 0 Å². The summed E-state index contributed by atoms with van der Waals surface area (Å²) in [6.07, 6.45) is 3.05. The molecule has 0 bridgehead atoms. The molecule has 0 atom stereocenters. The van der Waals surface area contributed by atoms with E-state index in [2.05, 4.69) is 28.4 Å². The van der Waals surface area contributed by atoms with Crippen LogP contribution < -0.4 is 5.32 Å². The standard InChI is InChI=1S/C17H21N3OS2/c1-3-20-9-8-14-15(10-20)23-17(18-14)19-16(21)13-6-4-12(5-7-13)11-22-2/h4-7H,3,8-11H2,1-2H3,(H,18,19,21). The van der Waals surface area contributed by atoms with Crippen LogP contribution in [0.15, 0.2) is 24.3 Å². The second-order valence-electron chi connectivity index (χ2n) is 5.59. The number of hydrogen-bond donors (Lipinski definition) is 1. The third kappa shape index (κ3) is 3.94. The maximum Gasteiger partial charge on any atom is 0.257 e. The average molecular weight is 348 g/mol. The zero-order valence-corrected chi connectivity index (χ0v) is 15.1. The number of thioether (sulfide) groups is 1. The van der Waals surface area contributed by atoms with Gasteiger partial charge in [0.05, 0.1) is 5.69 Å². The first-order valence-electron chi connectivity index (χ1n) is 7.79. The molecule has 0 radical (unpaired) electrons. The number of benzene rings is 1. The number of fused-ring (bicyclic) bond motifs is 1. The van der Waals surface area contributed by atoms with Crippen molar-refractivity contribution < 1.29 is 4.79 Å². The topological polar surface area (TPSA) is 45.2 Å². The van der Waals surface area contributed by atoms with E-state index in [0.717, 1.165) is 37.5 Å². The molecule has 1 aromatic carbocycles. The summed E-state index contributed by atoms with van der Waals surface area (Å²) in [5.74, 6) is 0.883. The van der Waals surface area contributed by atoms with Crippen molar-refractivity contribution in [3.05, 3.63) is 46.0 Å². The number of nitrogens with one attached hydrogen (secondary N) is 1. The van der Waals surface area contributed by atoms with Crippen molar-refractivity contribution in [2.45, 2.75) is 25.6 Å². The number of carbonyl (C=O) groups is 1. The summed E-state index contributed by atoms with van der Waals surface area (Å²) >= 11 is 3.38. The van der Waals surface area contributed by atoms with E-state index in [9.17, 15) is 4.79 Å². The van der Waals surface area contributed by atoms with Crippen molar-refractivity contribution in [3.8, 4) is 0 Å². The molecule has 1 N–H and O–H groups in total. The maximum absolute atomic E-state index is 12.4. The van der Waals surface area contributed by atoms with Crippen LogP contribution in [-0.4, -0.2) is 35.1 Å². The Morgan fingerprint density at radius 2 is 2.17 bits per heavy atom. The van der Waals surface area contributed by atoms with Crippen LogP contribution in [0.2, 0.25) is 0 Å². The lowest BCUT2D eigenvalue weighted by molar-refractivity contribution is 0.102. The summed E-state index contributed by atoms with van der Waals surface area (Å²) in [5, 5.41) is 3.66. The van der Waals surface area contributed by atoms with Crippen molar-refractivity contribution in [3.63, 3.8) is 0 Å². The second-order valence-corrected chi connectivity index (χ2v) is 7.54. The molecule has 1 aromatic heterocycles. The van der Waals surface area contributed by atoms with Gasteiger partial charge in [0.25, 0.3) is 5.91 Å². The summed E-state index contributed by atoms with van der Waals surface area (Å²) in [4.78, 5) is 20.6. The van der Waals surface area contributed by atoms with Crippen LogP contribution in [-0.2, 0) is 18.7 Å². The number of nitrogens with zero attached hydrogens (tertiary/aromatic N) is 2. The fourth-order valence-corrected chi connectivity index (χ4v) is 4.23. The van der Waals surface area contributed by atoms with Gasteiger partial charge in [0, 0.05) is 35.7 Å². The van der Waals surface area contributed by atoms with E-state index >= 15 is 0 Å². The van der Waals surface area contributed by atoms with Crippen LogP contribution >= 0.6 is 23.1 Å². The Bertz CT molecular complexity index is 682. The molecule has 1 aliphatic heterocycles. The normalized spacial score (nSPS) is 14.5. The third-order valence-electron chi connectivity index (χ3n) is 4.01. The maximum atomic E-state index is 12.4. The lowest BCUT2D eigenvalue weighted by Gasteiger charge is -2.23. The summed E-state index contributed by atoms with van der Waals surface area (Å²) in [6.45, 7) is 5.23. The smallest absolute Gasteiger partial charge is 0.257 e. The Kier molecular flexibility index (Phi) is 5.35. The molecule has 0 saturated carbocycles. The number of amides is 1. The predicted molar refractivity (Wildman–Crippen MR) is 98.4 cm³/mol. The Balaban J connectivity index is 1.67. The number of hydrogen-bond acceptors (Lipinski definition) is 5. The molecular formula is C17H21N3OS2. The first-order valence-corrected chi connectivity index (χ1v) is 10.0. The van der Waals surface area contributed by atoms with Gasteiger partial charge in [-0.15, -0.1) is 11.3 Å². The van der Waals surface area contributed by atoms with E-state index in [0.29, 0.717) is 10.7 Å². The van der Waals surface area contributed by atoms with Gasteiger partial charge in [-0.2, -0.15) is 11.8 Å². The highest BCUT2D eigenvalue weighted by Gasteiger charge is 2.20. The molecule has 0 saturated heterocycles. The first kappa shape index (κ1) is 16.5. The Morgan fingerprint density at radius 1 is 1.39 bits per heavy atom. The fraction of sp³-hybridized carbons (Fsp3) is 0.412. The average Bonchev–Trinajstić information content (AvgIpc) is 2.96. The van der Waals surface area contributed by atoms with Gasteiger partial charge in [-0.05, 0) is 30.5 Å². The molecule has 1 aliphatic rings. The summed E-state index contributed by atoms with van der Waals surface area (Å²) < 4.78 is 0. The van der Waals surface area contributed by atoms with Gasteiger partial charge in [0.2, 0.25) is 0 Å². The molecule has 1 amide bonds. The van der Waals surface area contributed by atoms with Gasteiger partial charge in [-0.1, -0.05) is 19.1 Å². The summed E-state index contributed by atoms with van der Waals surface area (Å²) in [7, 11) is 0. The van der Waals surface area contributed by atoms with Crippen LogP contribution in [0.4, 0.5) is 5.13 Å². The molecule has 6 heteroatoms. The van der Waals surface area contributed by atoms with Gasteiger partial charge in [0.1, 0.15) is 0 Å². The Hall–Kier alpha value is -1.37. The number of aromatic nitrogens is 1. The van der Waals surface area contributed by atoms with Crippen LogP contribution in [0, 0.1) is 0 Å². The number of thiazole rings is 1. The number of rotatable bonds is 5. The second kappa shape index (κ2) is 7.47.